The van der Waals surface area contributed by atoms with E-state index >= 15 is 0 Å². The minimum Gasteiger partial charge on any atom is -0.328 e. The van der Waals surface area contributed by atoms with Gasteiger partial charge in [0, 0.05) is 18.8 Å². The molecule has 84 valence electrons. The largest absolute Gasteiger partial charge is 0.328 e. The summed E-state index contributed by atoms with van der Waals surface area (Å²) in [5, 5.41) is 0. The highest BCUT2D eigenvalue weighted by molar-refractivity contribution is 7.90. The van der Waals surface area contributed by atoms with Crippen LogP contribution in [0.5, 0.6) is 0 Å². The van der Waals surface area contributed by atoms with Crippen molar-refractivity contribution in [1.82, 2.24) is 4.90 Å². The van der Waals surface area contributed by atoms with Gasteiger partial charge in [0.1, 0.15) is 9.84 Å². The summed E-state index contributed by atoms with van der Waals surface area (Å²) >= 11 is 0. The van der Waals surface area contributed by atoms with Gasteiger partial charge in [-0.15, -0.1) is 0 Å². The van der Waals surface area contributed by atoms with Crippen LogP contribution < -0.4 is 5.73 Å². The summed E-state index contributed by atoms with van der Waals surface area (Å²) in [5.74, 6) is 0.266. The lowest BCUT2D eigenvalue weighted by Crippen LogP contribution is -2.31. The summed E-state index contributed by atoms with van der Waals surface area (Å²) in [4.78, 5) is 2.20. The lowest BCUT2D eigenvalue weighted by atomic mass is 10.1. The van der Waals surface area contributed by atoms with Gasteiger partial charge in [0.05, 0.1) is 5.75 Å². The standard InChI is InChI=1S/C9H20N2O2S/c1-14(12,13)8-7-11-5-2-3-9(10)4-6-11/h9H,2-8,10H2,1H3. The van der Waals surface area contributed by atoms with Crippen LogP contribution in [-0.4, -0.2) is 51.0 Å². The molecule has 1 unspecified atom stereocenters. The van der Waals surface area contributed by atoms with Crippen molar-refractivity contribution in [2.45, 2.75) is 25.3 Å². The van der Waals surface area contributed by atoms with E-state index in [4.69, 9.17) is 5.73 Å². The van der Waals surface area contributed by atoms with Crippen LogP contribution in [0.4, 0.5) is 0 Å². The van der Waals surface area contributed by atoms with Crippen molar-refractivity contribution in [3.8, 4) is 0 Å². The number of nitrogens with two attached hydrogens (primary N) is 1. The van der Waals surface area contributed by atoms with Gasteiger partial charge < -0.3 is 10.6 Å². The Labute approximate surface area is 86.4 Å². The van der Waals surface area contributed by atoms with E-state index in [1.54, 1.807) is 0 Å². The van der Waals surface area contributed by atoms with Crippen LogP contribution >= 0.6 is 0 Å². The van der Waals surface area contributed by atoms with Crippen LogP contribution in [0.1, 0.15) is 19.3 Å². The summed E-state index contributed by atoms with van der Waals surface area (Å²) < 4.78 is 21.9. The predicted octanol–water partition coefficient (Wildman–Crippen LogP) is -0.156. The SMILES string of the molecule is CS(=O)(=O)CCN1CCCC(N)CC1. The fourth-order valence-electron chi connectivity index (χ4n) is 1.70. The average Bonchev–Trinajstić information content (AvgIpc) is 2.25. The minimum atomic E-state index is -2.82. The number of likely N-dealkylation sites (tertiary alicyclic amines) is 1. The fraction of sp³-hybridized carbons (Fsp3) is 1.00. The molecule has 2 N–H and O–H groups in total. The Morgan fingerprint density at radius 3 is 2.71 bits per heavy atom. The molecule has 0 aromatic heterocycles. The molecule has 0 aromatic rings. The van der Waals surface area contributed by atoms with Crippen molar-refractivity contribution >= 4 is 9.84 Å². The molecule has 0 aromatic carbocycles. The van der Waals surface area contributed by atoms with Crippen molar-refractivity contribution in [2.24, 2.45) is 5.73 Å². The zero-order valence-corrected chi connectivity index (χ0v) is 9.59. The molecule has 14 heavy (non-hydrogen) atoms. The van der Waals surface area contributed by atoms with Gasteiger partial charge >= 0.3 is 0 Å². The first-order chi connectivity index (χ1) is 6.47. The molecule has 0 spiro atoms. The number of rotatable bonds is 3. The Morgan fingerprint density at radius 2 is 2.07 bits per heavy atom. The van der Waals surface area contributed by atoms with E-state index in [-0.39, 0.29) is 5.75 Å². The Bertz CT molecular complexity index is 264. The van der Waals surface area contributed by atoms with Gasteiger partial charge in [-0.25, -0.2) is 8.42 Å². The van der Waals surface area contributed by atoms with E-state index in [2.05, 4.69) is 4.90 Å². The molecule has 1 atom stereocenters. The van der Waals surface area contributed by atoms with Gasteiger partial charge in [0.25, 0.3) is 0 Å². The maximum absolute atomic E-state index is 11.0. The van der Waals surface area contributed by atoms with Crippen molar-refractivity contribution in [2.75, 3.05) is 31.6 Å². The second-order valence-corrected chi connectivity index (χ2v) is 6.42. The van der Waals surface area contributed by atoms with Gasteiger partial charge in [0.2, 0.25) is 0 Å². The van der Waals surface area contributed by atoms with Crippen LogP contribution in [0.2, 0.25) is 0 Å². The first-order valence-electron chi connectivity index (χ1n) is 5.13. The smallest absolute Gasteiger partial charge is 0.148 e. The number of nitrogens with zero attached hydrogens (tertiary/aromatic N) is 1. The number of hydrogen-bond acceptors (Lipinski definition) is 4. The monoisotopic (exact) mass is 220 g/mol. The van der Waals surface area contributed by atoms with Gasteiger partial charge in [-0.1, -0.05) is 0 Å². The van der Waals surface area contributed by atoms with Crippen molar-refractivity contribution < 1.29 is 8.42 Å². The molecule has 1 saturated heterocycles. The van der Waals surface area contributed by atoms with Gasteiger partial charge in [-0.3, -0.25) is 0 Å². The van der Waals surface area contributed by atoms with Gasteiger partial charge in [-0.05, 0) is 32.4 Å². The molecule has 1 rings (SSSR count). The summed E-state index contributed by atoms with van der Waals surface area (Å²) in [6.07, 6.45) is 4.43. The second-order valence-electron chi connectivity index (χ2n) is 4.16. The van der Waals surface area contributed by atoms with E-state index in [1.807, 2.05) is 0 Å². The molecule has 0 radical (unpaired) electrons. The normalized spacial score (nSPS) is 26.0. The number of hydrogen-bond donors (Lipinski definition) is 1. The zero-order valence-electron chi connectivity index (χ0n) is 8.78. The summed E-state index contributed by atoms with van der Waals surface area (Å²) in [5.41, 5.74) is 5.83. The minimum absolute atomic E-state index is 0.266. The Kier molecular flexibility index (Phi) is 4.34. The topological polar surface area (TPSA) is 63.4 Å². The van der Waals surface area contributed by atoms with Gasteiger partial charge in [0.15, 0.2) is 0 Å². The van der Waals surface area contributed by atoms with Crippen molar-refractivity contribution in [1.29, 1.82) is 0 Å². The molecule has 1 aliphatic rings. The highest BCUT2D eigenvalue weighted by Crippen LogP contribution is 2.08. The number of sulfone groups is 1. The molecular weight excluding hydrogens is 200 g/mol. The van der Waals surface area contributed by atoms with Crippen LogP contribution in [0.15, 0.2) is 0 Å². The molecule has 1 heterocycles. The fourth-order valence-corrected chi connectivity index (χ4v) is 2.29. The maximum Gasteiger partial charge on any atom is 0.148 e. The van der Waals surface area contributed by atoms with E-state index in [0.29, 0.717) is 12.6 Å². The molecule has 1 fully saturated rings. The molecule has 4 nitrogen and oxygen atoms in total. The summed E-state index contributed by atoms with van der Waals surface area (Å²) in [6.45, 7) is 2.59. The highest BCUT2D eigenvalue weighted by atomic mass is 32.2. The first kappa shape index (κ1) is 11.9. The van der Waals surface area contributed by atoms with E-state index in [1.165, 1.54) is 6.26 Å². The molecule has 1 aliphatic heterocycles. The third-order valence-electron chi connectivity index (χ3n) is 2.64. The molecular formula is C9H20N2O2S. The predicted molar refractivity (Wildman–Crippen MR) is 58.0 cm³/mol. The van der Waals surface area contributed by atoms with Crippen LogP contribution in [0.3, 0.4) is 0 Å². The Hall–Kier alpha value is -0.130. The van der Waals surface area contributed by atoms with E-state index < -0.39 is 9.84 Å². The summed E-state index contributed by atoms with van der Waals surface area (Å²) in [7, 11) is -2.82. The third-order valence-corrected chi connectivity index (χ3v) is 3.57. The third kappa shape index (κ3) is 4.93. The molecule has 5 heteroatoms. The quantitative estimate of drug-likeness (QED) is 0.718. The van der Waals surface area contributed by atoms with Crippen molar-refractivity contribution in [3.05, 3.63) is 0 Å². The van der Waals surface area contributed by atoms with E-state index in [9.17, 15) is 8.42 Å². The van der Waals surface area contributed by atoms with Crippen molar-refractivity contribution in [3.63, 3.8) is 0 Å². The van der Waals surface area contributed by atoms with Crippen LogP contribution in [0, 0.1) is 0 Å². The lowest BCUT2D eigenvalue weighted by molar-refractivity contribution is 0.300. The highest BCUT2D eigenvalue weighted by Gasteiger charge is 2.14. The molecule has 0 aliphatic carbocycles. The summed E-state index contributed by atoms with van der Waals surface area (Å²) in [6, 6.07) is 0.304. The van der Waals surface area contributed by atoms with E-state index in [0.717, 1.165) is 32.4 Å². The maximum atomic E-state index is 11.0. The van der Waals surface area contributed by atoms with Crippen LogP contribution in [0.25, 0.3) is 0 Å². The van der Waals surface area contributed by atoms with Crippen LogP contribution in [-0.2, 0) is 9.84 Å². The molecule has 0 bridgehead atoms. The molecule has 0 amide bonds. The average molecular weight is 220 g/mol. The second kappa shape index (κ2) is 5.09. The zero-order chi connectivity index (χ0) is 10.6. The first-order valence-corrected chi connectivity index (χ1v) is 7.19. The lowest BCUT2D eigenvalue weighted by Gasteiger charge is -2.18. The van der Waals surface area contributed by atoms with Gasteiger partial charge in [-0.2, -0.15) is 0 Å². The molecule has 0 saturated carbocycles. The Morgan fingerprint density at radius 1 is 1.36 bits per heavy atom. The Balaban J connectivity index is 2.31.